The van der Waals surface area contributed by atoms with Crippen LogP contribution in [-0.4, -0.2) is 16.2 Å². The highest BCUT2D eigenvalue weighted by atomic mass is 35.5. The number of carbonyl (C=O) groups excluding carboxylic acids is 1. The molecule has 2 heterocycles. The molecule has 1 amide bonds. The molecule has 3 aromatic carbocycles. The molecule has 4 nitrogen and oxygen atoms in total. The number of hydrogen-bond donors (Lipinski definition) is 0. The smallest absolute Gasteiger partial charge is 0.280 e. The Balaban J connectivity index is 1.53. The van der Waals surface area contributed by atoms with Gasteiger partial charge in [-0.05, 0) is 55.0 Å². The van der Waals surface area contributed by atoms with Gasteiger partial charge >= 0.3 is 0 Å². The molecule has 0 fully saturated rings. The third kappa shape index (κ3) is 3.83. The first kappa shape index (κ1) is 20.6. The Bertz CT molecular complexity index is 1400. The maximum Gasteiger partial charge on any atom is 0.280 e. The second-order valence-electron chi connectivity index (χ2n) is 7.70. The van der Waals surface area contributed by atoms with E-state index in [1.54, 1.807) is 12.1 Å². The van der Waals surface area contributed by atoms with Crippen LogP contribution >= 0.6 is 23.2 Å². The molecule has 0 N–H and O–H groups in total. The predicted octanol–water partition coefficient (Wildman–Crippen LogP) is 6.80. The number of halogens is 2. The largest absolute Gasteiger partial charge is 0.342 e. The molecule has 0 bridgehead atoms. The predicted molar refractivity (Wildman–Crippen MR) is 133 cm³/mol. The number of amides is 1. The Kier molecular flexibility index (Phi) is 5.33. The van der Waals surface area contributed by atoms with E-state index in [0.717, 1.165) is 27.1 Å². The number of para-hydroxylation sites is 1. The zero-order valence-electron chi connectivity index (χ0n) is 17.3. The van der Waals surface area contributed by atoms with E-state index >= 15 is 0 Å². The van der Waals surface area contributed by atoms with E-state index in [-0.39, 0.29) is 5.91 Å². The van der Waals surface area contributed by atoms with Gasteiger partial charge in [-0.3, -0.25) is 4.79 Å². The van der Waals surface area contributed by atoms with Gasteiger partial charge in [-0.15, -0.1) is 0 Å². The molecule has 4 aromatic rings. The normalized spacial score (nSPS) is 15.1. The molecule has 32 heavy (non-hydrogen) atoms. The molecule has 158 valence electrons. The van der Waals surface area contributed by atoms with Gasteiger partial charge in [0.05, 0.1) is 17.0 Å². The molecular weight excluding hydrogens is 441 g/mol. The minimum absolute atomic E-state index is 0.167. The van der Waals surface area contributed by atoms with Crippen molar-refractivity contribution in [3.63, 3.8) is 0 Å². The molecule has 0 saturated heterocycles. The molecule has 0 atom stereocenters. The van der Waals surface area contributed by atoms with Crippen molar-refractivity contribution in [3.05, 3.63) is 106 Å². The summed E-state index contributed by atoms with van der Waals surface area (Å²) >= 11 is 12.1. The first-order chi connectivity index (χ1) is 15.5. The van der Waals surface area contributed by atoms with E-state index in [1.165, 1.54) is 5.01 Å². The molecule has 0 spiro atoms. The van der Waals surface area contributed by atoms with Crippen LogP contribution in [-0.2, 0) is 11.3 Å². The Labute approximate surface area is 196 Å². The standard InChI is InChI=1S/C26H19Cl2N3O/c1-17-24(26(32)31(29-17)22-6-4-5-21(28)14-22)13-19-16-30(25-8-3-2-7-23(19)25)15-18-9-11-20(27)12-10-18/h2-14,16H,15H2,1H3/b24-13+. The van der Waals surface area contributed by atoms with Gasteiger partial charge in [0.25, 0.3) is 5.91 Å². The van der Waals surface area contributed by atoms with E-state index in [1.807, 2.05) is 61.5 Å². The number of nitrogens with zero attached hydrogens (tertiary/aromatic N) is 3. The number of carbonyl (C=O) groups is 1. The Hall–Kier alpha value is -3.34. The van der Waals surface area contributed by atoms with Crippen LogP contribution in [0.3, 0.4) is 0 Å². The molecule has 0 saturated carbocycles. The van der Waals surface area contributed by atoms with Crippen LogP contribution in [0.4, 0.5) is 5.69 Å². The van der Waals surface area contributed by atoms with Gasteiger partial charge < -0.3 is 4.57 Å². The van der Waals surface area contributed by atoms with E-state index in [2.05, 4.69) is 28.0 Å². The van der Waals surface area contributed by atoms with Gasteiger partial charge in [0.1, 0.15) is 0 Å². The number of hydrogen-bond acceptors (Lipinski definition) is 2. The molecule has 1 aromatic heterocycles. The fraction of sp³-hybridized carbons (Fsp3) is 0.0769. The fourth-order valence-corrected chi connectivity index (χ4v) is 4.24. The number of anilines is 1. The topological polar surface area (TPSA) is 37.6 Å². The Morgan fingerprint density at radius 2 is 1.72 bits per heavy atom. The summed E-state index contributed by atoms with van der Waals surface area (Å²) in [5, 5.41) is 8.24. The first-order valence-corrected chi connectivity index (χ1v) is 10.9. The zero-order valence-corrected chi connectivity index (χ0v) is 18.8. The van der Waals surface area contributed by atoms with Crippen LogP contribution in [0.2, 0.25) is 10.0 Å². The van der Waals surface area contributed by atoms with Crippen molar-refractivity contribution in [2.45, 2.75) is 13.5 Å². The van der Waals surface area contributed by atoms with Gasteiger partial charge in [-0.25, -0.2) is 0 Å². The number of rotatable bonds is 4. The van der Waals surface area contributed by atoms with E-state index in [4.69, 9.17) is 23.2 Å². The SMILES string of the molecule is CC1=NN(c2cccc(Cl)c2)C(=O)/C1=C/c1cn(Cc2ccc(Cl)cc2)c2ccccc12. The highest BCUT2D eigenvalue weighted by Gasteiger charge is 2.29. The van der Waals surface area contributed by atoms with Crippen molar-refractivity contribution in [1.82, 2.24) is 4.57 Å². The molecule has 0 radical (unpaired) electrons. The second kappa shape index (κ2) is 8.30. The highest BCUT2D eigenvalue weighted by molar-refractivity contribution is 6.33. The third-order valence-corrected chi connectivity index (χ3v) is 5.99. The monoisotopic (exact) mass is 459 g/mol. The first-order valence-electron chi connectivity index (χ1n) is 10.2. The number of aromatic nitrogens is 1. The molecule has 0 unspecified atom stereocenters. The van der Waals surface area contributed by atoms with E-state index in [0.29, 0.717) is 28.5 Å². The quantitative estimate of drug-likeness (QED) is 0.309. The van der Waals surface area contributed by atoms with Gasteiger partial charge in [0, 0.05) is 39.3 Å². The van der Waals surface area contributed by atoms with E-state index in [9.17, 15) is 4.79 Å². The molecule has 5 rings (SSSR count). The summed E-state index contributed by atoms with van der Waals surface area (Å²) in [6, 6.07) is 23.2. The fourth-order valence-electron chi connectivity index (χ4n) is 3.93. The van der Waals surface area contributed by atoms with Crippen LogP contribution in [0.5, 0.6) is 0 Å². The molecular formula is C26H19Cl2N3O. The lowest BCUT2D eigenvalue weighted by Gasteiger charge is -2.11. The van der Waals surface area contributed by atoms with Gasteiger partial charge in [-0.1, -0.05) is 59.6 Å². The average Bonchev–Trinajstić information content (AvgIpc) is 3.28. The maximum atomic E-state index is 13.2. The van der Waals surface area contributed by atoms with Gasteiger partial charge in [0.15, 0.2) is 0 Å². The van der Waals surface area contributed by atoms with Crippen molar-refractivity contribution in [1.29, 1.82) is 0 Å². The molecule has 1 aliphatic heterocycles. The van der Waals surface area contributed by atoms with Crippen LogP contribution in [0, 0.1) is 0 Å². The second-order valence-corrected chi connectivity index (χ2v) is 8.57. The van der Waals surface area contributed by atoms with E-state index < -0.39 is 0 Å². The van der Waals surface area contributed by atoms with Crippen LogP contribution in [0.1, 0.15) is 18.1 Å². The lowest BCUT2D eigenvalue weighted by molar-refractivity contribution is -0.114. The number of hydrazone groups is 1. The average molecular weight is 460 g/mol. The van der Waals surface area contributed by atoms with Crippen molar-refractivity contribution in [2.24, 2.45) is 5.10 Å². The summed E-state index contributed by atoms with van der Waals surface area (Å²) in [7, 11) is 0. The molecule has 0 aliphatic carbocycles. The Morgan fingerprint density at radius 1 is 0.938 bits per heavy atom. The zero-order chi connectivity index (χ0) is 22.2. The summed E-state index contributed by atoms with van der Waals surface area (Å²) in [6.45, 7) is 2.55. The lowest BCUT2D eigenvalue weighted by Crippen LogP contribution is -2.21. The summed E-state index contributed by atoms with van der Waals surface area (Å²) in [4.78, 5) is 13.2. The van der Waals surface area contributed by atoms with Crippen LogP contribution < -0.4 is 5.01 Å². The Morgan fingerprint density at radius 3 is 2.50 bits per heavy atom. The minimum Gasteiger partial charge on any atom is -0.342 e. The maximum absolute atomic E-state index is 13.2. The van der Waals surface area contributed by atoms with Crippen LogP contribution in [0.15, 0.2) is 89.7 Å². The molecule has 6 heteroatoms. The highest BCUT2D eigenvalue weighted by Crippen LogP contribution is 2.30. The summed E-state index contributed by atoms with van der Waals surface area (Å²) in [6.07, 6.45) is 4.00. The van der Waals surface area contributed by atoms with Crippen molar-refractivity contribution in [2.75, 3.05) is 5.01 Å². The summed E-state index contributed by atoms with van der Waals surface area (Å²) < 4.78 is 2.19. The molecule has 1 aliphatic rings. The minimum atomic E-state index is -0.167. The van der Waals surface area contributed by atoms with Gasteiger partial charge in [-0.2, -0.15) is 10.1 Å². The van der Waals surface area contributed by atoms with Crippen molar-refractivity contribution in [3.8, 4) is 0 Å². The van der Waals surface area contributed by atoms with Crippen molar-refractivity contribution >= 4 is 57.5 Å². The third-order valence-electron chi connectivity index (χ3n) is 5.50. The number of benzene rings is 3. The summed E-state index contributed by atoms with van der Waals surface area (Å²) in [5.41, 5.74) is 5.11. The van der Waals surface area contributed by atoms with Gasteiger partial charge in [0.2, 0.25) is 0 Å². The number of fused-ring (bicyclic) bond motifs is 1. The van der Waals surface area contributed by atoms with Crippen molar-refractivity contribution < 1.29 is 4.79 Å². The lowest BCUT2D eigenvalue weighted by atomic mass is 10.1. The van der Waals surface area contributed by atoms with Crippen LogP contribution in [0.25, 0.3) is 17.0 Å². The summed E-state index contributed by atoms with van der Waals surface area (Å²) in [5.74, 6) is -0.167.